The van der Waals surface area contributed by atoms with Crippen LogP contribution in [0.4, 0.5) is 5.95 Å². The summed E-state index contributed by atoms with van der Waals surface area (Å²) < 4.78 is 7.55. The highest BCUT2D eigenvalue weighted by Crippen LogP contribution is 2.25. The minimum atomic E-state index is -0.300. The molecular weight excluding hydrogens is 178 g/mol. The summed E-state index contributed by atoms with van der Waals surface area (Å²) in [5.41, 5.74) is 0.691. The molecule has 14 heavy (non-hydrogen) atoms. The second-order valence-corrected chi connectivity index (χ2v) is 4.14. The molecule has 0 aliphatic carbocycles. The van der Waals surface area contributed by atoms with Crippen molar-refractivity contribution in [2.75, 3.05) is 19.0 Å². The van der Waals surface area contributed by atoms with Crippen molar-refractivity contribution in [1.82, 2.24) is 9.55 Å². The molecule has 1 N–H and O–H groups in total. The SMILES string of the molecule is COC(C)(C)c1cn2c(n1)NCCC2. The highest BCUT2D eigenvalue weighted by molar-refractivity contribution is 5.32. The monoisotopic (exact) mass is 195 g/mol. The Kier molecular flexibility index (Phi) is 2.23. The van der Waals surface area contributed by atoms with Crippen LogP contribution in [0.1, 0.15) is 26.0 Å². The van der Waals surface area contributed by atoms with Crippen LogP contribution in [0.25, 0.3) is 0 Å². The average Bonchev–Trinajstić information content (AvgIpc) is 2.61. The van der Waals surface area contributed by atoms with Crippen molar-refractivity contribution in [1.29, 1.82) is 0 Å². The van der Waals surface area contributed by atoms with E-state index in [1.54, 1.807) is 7.11 Å². The van der Waals surface area contributed by atoms with Crippen LogP contribution in [-0.2, 0) is 16.9 Å². The smallest absolute Gasteiger partial charge is 0.203 e. The topological polar surface area (TPSA) is 39.1 Å². The molecule has 1 aromatic heterocycles. The van der Waals surface area contributed by atoms with E-state index in [1.807, 2.05) is 13.8 Å². The van der Waals surface area contributed by atoms with Gasteiger partial charge in [0.2, 0.25) is 5.95 Å². The lowest BCUT2D eigenvalue weighted by Crippen LogP contribution is -2.19. The second kappa shape index (κ2) is 3.28. The molecule has 1 aromatic rings. The molecule has 1 aliphatic rings. The molecule has 0 radical (unpaired) electrons. The predicted molar refractivity (Wildman–Crippen MR) is 55.4 cm³/mol. The van der Waals surface area contributed by atoms with E-state index in [1.165, 1.54) is 0 Å². The van der Waals surface area contributed by atoms with Crippen LogP contribution in [0.3, 0.4) is 0 Å². The zero-order valence-corrected chi connectivity index (χ0v) is 9.00. The van der Waals surface area contributed by atoms with E-state index >= 15 is 0 Å². The van der Waals surface area contributed by atoms with Gasteiger partial charge in [-0.05, 0) is 20.3 Å². The number of hydrogen-bond acceptors (Lipinski definition) is 3. The van der Waals surface area contributed by atoms with Crippen LogP contribution in [0.5, 0.6) is 0 Å². The number of aromatic nitrogens is 2. The van der Waals surface area contributed by atoms with Crippen molar-refractivity contribution < 1.29 is 4.74 Å². The van der Waals surface area contributed by atoms with Gasteiger partial charge in [-0.1, -0.05) is 0 Å². The van der Waals surface area contributed by atoms with Crippen LogP contribution < -0.4 is 5.32 Å². The third kappa shape index (κ3) is 1.50. The third-order valence-corrected chi connectivity index (χ3v) is 2.76. The van der Waals surface area contributed by atoms with E-state index in [0.717, 1.165) is 31.2 Å². The number of methoxy groups -OCH3 is 1. The van der Waals surface area contributed by atoms with Crippen molar-refractivity contribution in [3.63, 3.8) is 0 Å². The van der Waals surface area contributed by atoms with E-state index in [4.69, 9.17) is 4.74 Å². The molecule has 0 fully saturated rings. The van der Waals surface area contributed by atoms with Crippen LogP contribution in [0.15, 0.2) is 6.20 Å². The van der Waals surface area contributed by atoms with E-state index < -0.39 is 0 Å². The Morgan fingerprint density at radius 3 is 3.00 bits per heavy atom. The Morgan fingerprint density at radius 2 is 2.36 bits per heavy atom. The van der Waals surface area contributed by atoms with Gasteiger partial charge in [0.25, 0.3) is 0 Å². The number of fused-ring (bicyclic) bond motifs is 1. The first-order valence-corrected chi connectivity index (χ1v) is 5.00. The molecule has 2 heterocycles. The lowest BCUT2D eigenvalue weighted by atomic mass is 10.1. The first kappa shape index (κ1) is 9.52. The molecule has 4 heteroatoms. The molecule has 4 nitrogen and oxygen atoms in total. The van der Waals surface area contributed by atoms with Crippen LogP contribution in [0.2, 0.25) is 0 Å². The van der Waals surface area contributed by atoms with Crippen molar-refractivity contribution in [3.8, 4) is 0 Å². The molecule has 0 atom stereocenters. The van der Waals surface area contributed by atoms with Crippen molar-refractivity contribution in [2.45, 2.75) is 32.4 Å². The third-order valence-electron chi connectivity index (χ3n) is 2.76. The normalized spacial score (nSPS) is 16.2. The molecule has 0 aromatic carbocycles. The molecule has 0 spiro atoms. The first-order valence-electron chi connectivity index (χ1n) is 5.00. The van der Waals surface area contributed by atoms with Crippen molar-refractivity contribution in [3.05, 3.63) is 11.9 Å². The Bertz CT molecular complexity index is 307. The Balaban J connectivity index is 2.32. The fraction of sp³-hybridized carbons (Fsp3) is 0.700. The molecule has 78 valence electrons. The first-order chi connectivity index (χ1) is 6.63. The van der Waals surface area contributed by atoms with Crippen molar-refractivity contribution in [2.24, 2.45) is 0 Å². The van der Waals surface area contributed by atoms with Gasteiger partial charge >= 0.3 is 0 Å². The lowest BCUT2D eigenvalue weighted by Gasteiger charge is -2.19. The number of nitrogens with zero attached hydrogens (tertiary/aromatic N) is 2. The standard InChI is InChI=1S/C10H17N3O/c1-10(2,14-3)8-7-13-6-4-5-11-9(13)12-8/h7H,4-6H2,1-3H3,(H,11,12). The van der Waals surface area contributed by atoms with Gasteiger partial charge in [0.15, 0.2) is 0 Å². The van der Waals surface area contributed by atoms with Gasteiger partial charge in [0.05, 0.1) is 5.69 Å². The molecule has 1 aliphatic heterocycles. The van der Waals surface area contributed by atoms with Crippen LogP contribution >= 0.6 is 0 Å². The highest BCUT2D eigenvalue weighted by atomic mass is 16.5. The minimum Gasteiger partial charge on any atom is -0.372 e. The van der Waals surface area contributed by atoms with Gasteiger partial charge in [-0.25, -0.2) is 4.98 Å². The average molecular weight is 195 g/mol. The van der Waals surface area contributed by atoms with Crippen molar-refractivity contribution >= 4 is 5.95 Å². The zero-order chi connectivity index (χ0) is 10.2. The molecule has 2 rings (SSSR count). The summed E-state index contributed by atoms with van der Waals surface area (Å²) in [6.45, 7) is 6.13. The number of hydrogen-bond donors (Lipinski definition) is 1. The Labute approximate surface area is 84.3 Å². The Hall–Kier alpha value is -1.03. The summed E-state index contributed by atoms with van der Waals surface area (Å²) in [4.78, 5) is 4.52. The fourth-order valence-corrected chi connectivity index (χ4v) is 1.57. The van der Waals surface area contributed by atoms with Gasteiger partial charge in [-0.15, -0.1) is 0 Å². The van der Waals surface area contributed by atoms with E-state index in [9.17, 15) is 0 Å². The lowest BCUT2D eigenvalue weighted by molar-refractivity contribution is 0.0158. The maximum absolute atomic E-state index is 5.40. The number of nitrogens with one attached hydrogen (secondary N) is 1. The maximum atomic E-state index is 5.40. The summed E-state index contributed by atoms with van der Waals surface area (Å²) in [5, 5.41) is 3.28. The summed E-state index contributed by atoms with van der Waals surface area (Å²) in [6.07, 6.45) is 3.24. The molecule has 0 saturated heterocycles. The fourth-order valence-electron chi connectivity index (χ4n) is 1.57. The Morgan fingerprint density at radius 1 is 1.57 bits per heavy atom. The predicted octanol–water partition coefficient (Wildman–Crippen LogP) is 1.58. The van der Waals surface area contributed by atoms with Crippen LogP contribution in [-0.4, -0.2) is 23.2 Å². The minimum absolute atomic E-state index is 0.300. The number of aryl methyl sites for hydroxylation is 1. The quantitative estimate of drug-likeness (QED) is 0.778. The molecule has 0 unspecified atom stereocenters. The number of rotatable bonds is 2. The zero-order valence-electron chi connectivity index (χ0n) is 9.00. The number of ether oxygens (including phenoxy) is 1. The highest BCUT2D eigenvalue weighted by Gasteiger charge is 2.25. The largest absolute Gasteiger partial charge is 0.372 e. The number of anilines is 1. The van der Waals surface area contributed by atoms with Gasteiger partial charge < -0.3 is 14.6 Å². The van der Waals surface area contributed by atoms with Gasteiger partial charge in [-0.3, -0.25) is 0 Å². The molecule has 0 amide bonds. The second-order valence-electron chi connectivity index (χ2n) is 4.14. The maximum Gasteiger partial charge on any atom is 0.203 e. The summed E-state index contributed by atoms with van der Waals surface area (Å²) in [5.74, 6) is 0.969. The van der Waals surface area contributed by atoms with Gasteiger partial charge in [0, 0.05) is 26.4 Å². The molecule has 0 saturated carbocycles. The van der Waals surface area contributed by atoms with E-state index in [2.05, 4.69) is 21.1 Å². The molecule has 0 bridgehead atoms. The summed E-state index contributed by atoms with van der Waals surface area (Å²) >= 11 is 0. The van der Waals surface area contributed by atoms with E-state index in [-0.39, 0.29) is 5.60 Å². The van der Waals surface area contributed by atoms with Gasteiger partial charge in [-0.2, -0.15) is 0 Å². The summed E-state index contributed by atoms with van der Waals surface area (Å²) in [7, 11) is 1.71. The molecular formula is C10H17N3O. The van der Waals surface area contributed by atoms with E-state index in [0.29, 0.717) is 0 Å². The summed E-state index contributed by atoms with van der Waals surface area (Å²) in [6, 6.07) is 0. The van der Waals surface area contributed by atoms with Gasteiger partial charge in [0.1, 0.15) is 5.60 Å². The van der Waals surface area contributed by atoms with Crippen LogP contribution in [0, 0.1) is 0 Å². The number of imidazole rings is 1.